The molecule has 0 bridgehead atoms. The molecule has 0 atom stereocenters. The highest BCUT2D eigenvalue weighted by molar-refractivity contribution is 5.93. The average molecular weight is 343 g/mol. The molecule has 130 valence electrons. The predicted molar refractivity (Wildman–Crippen MR) is 92.8 cm³/mol. The Labute approximate surface area is 144 Å². The first-order valence-corrected chi connectivity index (χ1v) is 8.10. The Morgan fingerprint density at radius 3 is 2.72 bits per heavy atom. The standard InChI is InChI=1S/C18H18FN3O3/c19-14-7-8-17(22(24)25)16(10-14)20-11-12-3-1-6-15(9-12)21-18(23)13-4-2-5-13/h1,3,6-10,13,20H,2,4-5,11H2,(H,21,23). The summed E-state index contributed by atoms with van der Waals surface area (Å²) in [4.78, 5) is 22.5. The van der Waals surface area contributed by atoms with Crippen molar-refractivity contribution < 1.29 is 14.1 Å². The van der Waals surface area contributed by atoms with E-state index < -0.39 is 10.7 Å². The number of amides is 1. The molecule has 6 nitrogen and oxygen atoms in total. The number of rotatable bonds is 6. The van der Waals surface area contributed by atoms with Gasteiger partial charge in [-0.3, -0.25) is 14.9 Å². The van der Waals surface area contributed by atoms with Crippen LogP contribution < -0.4 is 10.6 Å². The number of benzene rings is 2. The van der Waals surface area contributed by atoms with Crippen molar-refractivity contribution in [3.05, 3.63) is 64.0 Å². The van der Waals surface area contributed by atoms with Crippen molar-refractivity contribution in [2.75, 3.05) is 10.6 Å². The van der Waals surface area contributed by atoms with E-state index in [-0.39, 0.29) is 29.7 Å². The minimum atomic E-state index is -0.558. The molecule has 25 heavy (non-hydrogen) atoms. The molecule has 1 aliphatic carbocycles. The molecular formula is C18H18FN3O3. The van der Waals surface area contributed by atoms with Crippen molar-refractivity contribution in [3.63, 3.8) is 0 Å². The monoisotopic (exact) mass is 343 g/mol. The van der Waals surface area contributed by atoms with Crippen LogP contribution in [0.1, 0.15) is 24.8 Å². The lowest BCUT2D eigenvalue weighted by Gasteiger charge is -2.24. The van der Waals surface area contributed by atoms with E-state index in [1.807, 2.05) is 6.07 Å². The highest BCUT2D eigenvalue weighted by atomic mass is 19.1. The molecule has 1 amide bonds. The van der Waals surface area contributed by atoms with Gasteiger partial charge in [0.05, 0.1) is 4.92 Å². The Hall–Kier alpha value is -2.96. The quantitative estimate of drug-likeness (QED) is 0.611. The van der Waals surface area contributed by atoms with Crippen LogP contribution in [0.5, 0.6) is 0 Å². The summed E-state index contributed by atoms with van der Waals surface area (Å²) in [5, 5.41) is 16.8. The van der Waals surface area contributed by atoms with Crippen LogP contribution in [0.3, 0.4) is 0 Å². The third kappa shape index (κ3) is 4.12. The third-order valence-corrected chi connectivity index (χ3v) is 4.31. The number of nitrogens with one attached hydrogen (secondary N) is 2. The maximum Gasteiger partial charge on any atom is 0.292 e. The van der Waals surface area contributed by atoms with Crippen molar-refractivity contribution >= 4 is 23.0 Å². The van der Waals surface area contributed by atoms with Gasteiger partial charge in [0.1, 0.15) is 11.5 Å². The molecule has 0 aliphatic heterocycles. The summed E-state index contributed by atoms with van der Waals surface area (Å²) in [5.74, 6) is -0.427. The molecular weight excluding hydrogens is 325 g/mol. The molecule has 0 radical (unpaired) electrons. The lowest BCUT2D eigenvalue weighted by atomic mass is 9.85. The number of nitrogens with zero attached hydrogens (tertiary/aromatic N) is 1. The molecule has 1 fully saturated rings. The van der Waals surface area contributed by atoms with E-state index in [1.54, 1.807) is 18.2 Å². The normalized spacial score (nSPS) is 13.8. The molecule has 3 rings (SSSR count). The highest BCUT2D eigenvalue weighted by Crippen LogP contribution is 2.28. The van der Waals surface area contributed by atoms with E-state index in [0.717, 1.165) is 43.0 Å². The number of halogens is 1. The summed E-state index contributed by atoms with van der Waals surface area (Å²) in [6.07, 6.45) is 2.95. The van der Waals surface area contributed by atoms with Crippen molar-refractivity contribution in [2.45, 2.75) is 25.8 Å². The van der Waals surface area contributed by atoms with Gasteiger partial charge in [0.2, 0.25) is 5.91 Å². The van der Waals surface area contributed by atoms with Crippen LogP contribution in [0, 0.1) is 21.8 Å². The molecule has 1 saturated carbocycles. The number of carbonyl (C=O) groups is 1. The molecule has 2 aromatic rings. The molecule has 2 N–H and O–H groups in total. The fraction of sp³-hybridized carbons (Fsp3) is 0.278. The van der Waals surface area contributed by atoms with Crippen LogP contribution in [-0.2, 0) is 11.3 Å². The SMILES string of the molecule is O=C(Nc1cccc(CNc2cc(F)ccc2[N+](=O)[O-])c1)C1CCC1. The van der Waals surface area contributed by atoms with Crippen LogP contribution in [0.2, 0.25) is 0 Å². The van der Waals surface area contributed by atoms with Crippen LogP contribution in [-0.4, -0.2) is 10.8 Å². The molecule has 2 aromatic carbocycles. The Bertz CT molecular complexity index is 806. The summed E-state index contributed by atoms with van der Waals surface area (Å²) in [7, 11) is 0. The van der Waals surface area contributed by atoms with Gasteiger partial charge in [-0.05, 0) is 36.6 Å². The van der Waals surface area contributed by atoms with Gasteiger partial charge in [-0.25, -0.2) is 4.39 Å². The fourth-order valence-electron chi connectivity index (χ4n) is 2.68. The van der Waals surface area contributed by atoms with Gasteiger partial charge in [0.15, 0.2) is 0 Å². The minimum Gasteiger partial charge on any atom is -0.375 e. The highest BCUT2D eigenvalue weighted by Gasteiger charge is 2.25. The average Bonchev–Trinajstić information content (AvgIpc) is 2.51. The maximum atomic E-state index is 13.3. The molecule has 0 saturated heterocycles. The van der Waals surface area contributed by atoms with Crippen molar-refractivity contribution in [1.82, 2.24) is 0 Å². The molecule has 0 aromatic heterocycles. The molecule has 7 heteroatoms. The molecule has 1 aliphatic rings. The smallest absolute Gasteiger partial charge is 0.292 e. The number of carbonyl (C=O) groups excluding carboxylic acids is 1. The predicted octanol–water partition coefficient (Wildman–Crippen LogP) is 4.08. The summed E-state index contributed by atoms with van der Waals surface area (Å²) in [6, 6.07) is 10.5. The van der Waals surface area contributed by atoms with Crippen molar-refractivity contribution in [1.29, 1.82) is 0 Å². The van der Waals surface area contributed by atoms with Crippen molar-refractivity contribution in [3.8, 4) is 0 Å². The van der Waals surface area contributed by atoms with E-state index in [2.05, 4.69) is 10.6 Å². The van der Waals surface area contributed by atoms with E-state index in [0.29, 0.717) is 5.69 Å². The van der Waals surface area contributed by atoms with E-state index in [9.17, 15) is 19.3 Å². The Morgan fingerprint density at radius 2 is 2.04 bits per heavy atom. The number of hydrogen-bond acceptors (Lipinski definition) is 4. The second-order valence-corrected chi connectivity index (χ2v) is 6.09. The van der Waals surface area contributed by atoms with Gasteiger partial charge < -0.3 is 10.6 Å². The zero-order valence-corrected chi connectivity index (χ0v) is 13.5. The first-order valence-electron chi connectivity index (χ1n) is 8.10. The number of nitro groups is 1. The Balaban J connectivity index is 1.67. The van der Waals surface area contributed by atoms with Gasteiger partial charge in [0, 0.05) is 30.3 Å². The zero-order valence-electron chi connectivity index (χ0n) is 13.5. The first-order chi connectivity index (χ1) is 12.0. The van der Waals surface area contributed by atoms with Gasteiger partial charge in [0.25, 0.3) is 5.69 Å². The summed E-state index contributed by atoms with van der Waals surface area (Å²) < 4.78 is 13.3. The van der Waals surface area contributed by atoms with Crippen LogP contribution in [0.25, 0.3) is 0 Å². The summed E-state index contributed by atoms with van der Waals surface area (Å²) in [6.45, 7) is 0.275. The second kappa shape index (κ2) is 7.29. The van der Waals surface area contributed by atoms with Gasteiger partial charge >= 0.3 is 0 Å². The third-order valence-electron chi connectivity index (χ3n) is 4.31. The number of nitro benzene ring substituents is 1. The van der Waals surface area contributed by atoms with E-state index >= 15 is 0 Å². The molecule has 0 heterocycles. The fourth-order valence-corrected chi connectivity index (χ4v) is 2.68. The maximum absolute atomic E-state index is 13.3. The van der Waals surface area contributed by atoms with E-state index in [1.165, 1.54) is 0 Å². The Kier molecular flexibility index (Phi) is 4.92. The minimum absolute atomic E-state index is 0.0251. The van der Waals surface area contributed by atoms with Crippen LogP contribution in [0.4, 0.5) is 21.5 Å². The van der Waals surface area contributed by atoms with Crippen LogP contribution >= 0.6 is 0 Å². The first kappa shape index (κ1) is 16.9. The lowest BCUT2D eigenvalue weighted by Crippen LogP contribution is -2.28. The Morgan fingerprint density at radius 1 is 1.24 bits per heavy atom. The second-order valence-electron chi connectivity index (χ2n) is 6.09. The van der Waals surface area contributed by atoms with E-state index in [4.69, 9.17) is 0 Å². The van der Waals surface area contributed by atoms with Gasteiger partial charge in [-0.15, -0.1) is 0 Å². The number of hydrogen-bond donors (Lipinski definition) is 2. The van der Waals surface area contributed by atoms with Crippen molar-refractivity contribution in [2.24, 2.45) is 5.92 Å². The molecule has 0 spiro atoms. The topological polar surface area (TPSA) is 84.3 Å². The van der Waals surface area contributed by atoms with Gasteiger partial charge in [-0.1, -0.05) is 18.6 Å². The molecule has 0 unspecified atom stereocenters. The largest absolute Gasteiger partial charge is 0.375 e. The summed E-state index contributed by atoms with van der Waals surface area (Å²) >= 11 is 0. The lowest BCUT2D eigenvalue weighted by molar-refractivity contribution is -0.384. The summed E-state index contributed by atoms with van der Waals surface area (Å²) in [5.41, 5.74) is 1.44. The zero-order chi connectivity index (χ0) is 17.8. The number of anilines is 2. The van der Waals surface area contributed by atoms with Crippen LogP contribution in [0.15, 0.2) is 42.5 Å². The van der Waals surface area contributed by atoms with Gasteiger partial charge in [-0.2, -0.15) is 0 Å².